The summed E-state index contributed by atoms with van der Waals surface area (Å²) in [6, 6.07) is 5.71. The maximum Gasteiger partial charge on any atom is 0.255 e. The van der Waals surface area contributed by atoms with Gasteiger partial charge >= 0.3 is 0 Å². The van der Waals surface area contributed by atoms with Crippen molar-refractivity contribution in [3.63, 3.8) is 0 Å². The lowest BCUT2D eigenvalue weighted by Crippen LogP contribution is -2.29. The van der Waals surface area contributed by atoms with Gasteiger partial charge in [-0.2, -0.15) is 0 Å². The van der Waals surface area contributed by atoms with Crippen molar-refractivity contribution in [3.8, 4) is 11.8 Å². The normalized spacial score (nSPS) is 17.5. The van der Waals surface area contributed by atoms with Gasteiger partial charge in [0.25, 0.3) is 5.91 Å². The Morgan fingerprint density at radius 1 is 1.48 bits per heavy atom. The summed E-state index contributed by atoms with van der Waals surface area (Å²) in [6.45, 7) is 5.67. The largest absolute Gasteiger partial charge is 0.384 e. The van der Waals surface area contributed by atoms with Crippen molar-refractivity contribution < 1.29 is 9.90 Å². The molecule has 3 heteroatoms. The minimum Gasteiger partial charge on any atom is -0.384 e. The number of amides is 1. The first kappa shape index (κ1) is 15.6. The third-order valence-corrected chi connectivity index (χ3v) is 3.98. The zero-order chi connectivity index (χ0) is 15.2. The van der Waals surface area contributed by atoms with Crippen molar-refractivity contribution in [1.82, 2.24) is 4.90 Å². The van der Waals surface area contributed by atoms with Crippen LogP contribution in [-0.2, 0) is 0 Å². The molecule has 1 saturated heterocycles. The van der Waals surface area contributed by atoms with Gasteiger partial charge in [-0.15, -0.1) is 0 Å². The zero-order valence-corrected chi connectivity index (χ0v) is 12.9. The molecule has 1 fully saturated rings. The van der Waals surface area contributed by atoms with Crippen LogP contribution in [0, 0.1) is 24.7 Å². The molecule has 0 aromatic heterocycles. The first-order valence-corrected chi connectivity index (χ1v) is 7.65. The van der Waals surface area contributed by atoms with Crippen LogP contribution in [0.2, 0.25) is 0 Å². The minimum atomic E-state index is -0.191. The number of carbonyl (C=O) groups excluding carboxylic acids is 1. The van der Waals surface area contributed by atoms with Crippen LogP contribution in [0.4, 0.5) is 0 Å². The predicted octanol–water partition coefficient (Wildman–Crippen LogP) is 2.60. The quantitative estimate of drug-likeness (QED) is 0.867. The Hall–Kier alpha value is -1.79. The van der Waals surface area contributed by atoms with Crippen LogP contribution in [0.1, 0.15) is 47.7 Å². The van der Waals surface area contributed by atoms with Gasteiger partial charge in [0, 0.05) is 18.7 Å². The van der Waals surface area contributed by atoms with Crippen LogP contribution < -0.4 is 0 Å². The Bertz CT molecular complexity index is 568. The van der Waals surface area contributed by atoms with E-state index in [1.54, 1.807) is 0 Å². The Kier molecular flexibility index (Phi) is 5.41. The number of hydrogen-bond donors (Lipinski definition) is 1. The summed E-state index contributed by atoms with van der Waals surface area (Å²) in [5.74, 6) is 6.24. The predicted molar refractivity (Wildman–Crippen MR) is 84.1 cm³/mol. The molecule has 0 radical (unpaired) electrons. The summed E-state index contributed by atoms with van der Waals surface area (Å²) in [5.41, 5.74) is 2.44. The van der Waals surface area contributed by atoms with E-state index in [0.717, 1.165) is 25.1 Å². The second-order valence-electron chi connectivity index (χ2n) is 5.70. The number of likely N-dealkylation sites (tertiary alicyclic amines) is 1. The van der Waals surface area contributed by atoms with Crippen molar-refractivity contribution in [1.29, 1.82) is 0 Å². The zero-order valence-electron chi connectivity index (χ0n) is 12.9. The van der Waals surface area contributed by atoms with Crippen LogP contribution in [0.5, 0.6) is 0 Å². The fraction of sp³-hybridized carbons (Fsp3) is 0.500. The average Bonchev–Trinajstić information content (AvgIpc) is 2.93. The van der Waals surface area contributed by atoms with E-state index in [-0.39, 0.29) is 12.5 Å². The van der Waals surface area contributed by atoms with Gasteiger partial charge in [0.05, 0.1) is 5.56 Å². The molecule has 1 atom stereocenters. The van der Waals surface area contributed by atoms with Gasteiger partial charge in [-0.3, -0.25) is 4.79 Å². The lowest BCUT2D eigenvalue weighted by atomic mass is 10.0. The number of nitrogens with zero attached hydrogens (tertiary/aromatic N) is 1. The highest BCUT2D eigenvalue weighted by Crippen LogP contribution is 2.23. The van der Waals surface area contributed by atoms with Gasteiger partial charge in [0.15, 0.2) is 0 Å². The Morgan fingerprint density at radius 2 is 2.29 bits per heavy atom. The number of benzene rings is 1. The summed E-state index contributed by atoms with van der Waals surface area (Å²) in [4.78, 5) is 14.6. The minimum absolute atomic E-state index is 0.0656. The molecule has 1 aromatic carbocycles. The van der Waals surface area contributed by atoms with Gasteiger partial charge in [-0.25, -0.2) is 0 Å². The molecule has 0 bridgehead atoms. The van der Waals surface area contributed by atoms with Gasteiger partial charge in [0.2, 0.25) is 0 Å². The molecule has 21 heavy (non-hydrogen) atoms. The first-order valence-electron chi connectivity index (χ1n) is 7.65. The highest BCUT2D eigenvalue weighted by atomic mass is 16.2. The van der Waals surface area contributed by atoms with Gasteiger partial charge in [0.1, 0.15) is 6.61 Å². The summed E-state index contributed by atoms with van der Waals surface area (Å²) < 4.78 is 0. The molecule has 3 nitrogen and oxygen atoms in total. The molecule has 0 spiro atoms. The second-order valence-corrected chi connectivity index (χ2v) is 5.70. The molecule has 1 aliphatic rings. The molecule has 1 unspecified atom stereocenters. The SMILES string of the molecule is CCCC1CCN(C(=O)c2ccc(C)cc2C#CCO)C1. The molecule has 1 N–H and O–H groups in total. The average molecular weight is 285 g/mol. The number of rotatable bonds is 3. The third kappa shape index (κ3) is 3.86. The molecule has 1 aliphatic heterocycles. The van der Waals surface area contributed by atoms with E-state index in [2.05, 4.69) is 18.8 Å². The van der Waals surface area contributed by atoms with E-state index in [1.165, 1.54) is 12.8 Å². The summed E-state index contributed by atoms with van der Waals surface area (Å²) in [6.07, 6.45) is 3.46. The number of hydrogen-bond acceptors (Lipinski definition) is 2. The monoisotopic (exact) mass is 285 g/mol. The number of carbonyl (C=O) groups is 1. The fourth-order valence-corrected chi connectivity index (χ4v) is 2.91. The van der Waals surface area contributed by atoms with Crippen LogP contribution in [0.25, 0.3) is 0 Å². The Balaban J connectivity index is 2.19. The maximum absolute atomic E-state index is 12.7. The van der Waals surface area contributed by atoms with Crippen molar-refractivity contribution in [2.24, 2.45) is 5.92 Å². The number of aliphatic hydroxyl groups is 1. The summed E-state index contributed by atoms with van der Waals surface area (Å²) >= 11 is 0. The van der Waals surface area contributed by atoms with E-state index in [9.17, 15) is 4.79 Å². The topological polar surface area (TPSA) is 40.5 Å². The number of aliphatic hydroxyl groups excluding tert-OH is 1. The maximum atomic E-state index is 12.7. The Morgan fingerprint density at radius 3 is 3.00 bits per heavy atom. The molecule has 0 aliphatic carbocycles. The lowest BCUT2D eigenvalue weighted by molar-refractivity contribution is 0.0786. The molecular weight excluding hydrogens is 262 g/mol. The summed E-state index contributed by atoms with van der Waals surface area (Å²) in [7, 11) is 0. The molecule has 1 amide bonds. The highest BCUT2D eigenvalue weighted by molar-refractivity contribution is 5.97. The second kappa shape index (κ2) is 7.28. The molecular formula is C18H23NO2. The van der Waals surface area contributed by atoms with Gasteiger partial charge < -0.3 is 10.0 Å². The Labute approximate surface area is 127 Å². The smallest absolute Gasteiger partial charge is 0.255 e. The van der Waals surface area contributed by atoms with Crippen LogP contribution in [0.3, 0.4) is 0 Å². The number of aryl methyl sites for hydroxylation is 1. The van der Waals surface area contributed by atoms with Gasteiger partial charge in [-0.05, 0) is 43.4 Å². The van der Waals surface area contributed by atoms with Crippen LogP contribution in [0.15, 0.2) is 18.2 Å². The molecule has 1 aromatic rings. The van der Waals surface area contributed by atoms with E-state index in [0.29, 0.717) is 17.0 Å². The van der Waals surface area contributed by atoms with E-state index < -0.39 is 0 Å². The van der Waals surface area contributed by atoms with Crippen LogP contribution >= 0.6 is 0 Å². The highest BCUT2D eigenvalue weighted by Gasteiger charge is 2.27. The third-order valence-electron chi connectivity index (χ3n) is 3.98. The molecule has 2 rings (SSSR count). The molecule has 1 heterocycles. The fourth-order valence-electron chi connectivity index (χ4n) is 2.91. The molecule has 112 valence electrons. The van der Waals surface area contributed by atoms with Crippen LogP contribution in [-0.4, -0.2) is 35.6 Å². The lowest BCUT2D eigenvalue weighted by Gasteiger charge is -2.17. The van der Waals surface area contributed by atoms with Crippen molar-refractivity contribution in [3.05, 3.63) is 34.9 Å². The van der Waals surface area contributed by atoms with Crippen molar-refractivity contribution >= 4 is 5.91 Å². The van der Waals surface area contributed by atoms with E-state index >= 15 is 0 Å². The van der Waals surface area contributed by atoms with E-state index in [1.807, 2.05) is 30.0 Å². The van der Waals surface area contributed by atoms with Crippen molar-refractivity contribution in [2.45, 2.75) is 33.1 Å². The van der Waals surface area contributed by atoms with Gasteiger partial charge in [-0.1, -0.05) is 31.3 Å². The van der Waals surface area contributed by atoms with Crippen molar-refractivity contribution in [2.75, 3.05) is 19.7 Å². The standard InChI is InChI=1S/C18H23NO2/c1-3-5-15-9-10-19(13-15)18(21)17-8-7-14(2)12-16(17)6-4-11-20/h7-8,12,15,20H,3,5,9-11,13H2,1-2H3. The first-order chi connectivity index (χ1) is 10.2. The molecule has 0 saturated carbocycles. The van der Waals surface area contributed by atoms with E-state index in [4.69, 9.17) is 5.11 Å². The summed E-state index contributed by atoms with van der Waals surface area (Å²) in [5, 5.41) is 8.86.